The van der Waals surface area contributed by atoms with Crippen LogP contribution >= 0.6 is 0 Å². The fourth-order valence-electron chi connectivity index (χ4n) is 0. The van der Waals surface area contributed by atoms with Gasteiger partial charge in [-0.3, -0.25) is 9.59 Å². The Morgan fingerprint density at radius 1 is 0.769 bits per heavy atom. The Bertz CT molecular complexity index is 140. The topological polar surface area (TPSA) is 40.6 Å². The maximum Gasteiger partial charge on any atom is 0.218 e. The van der Waals surface area contributed by atoms with Gasteiger partial charge in [0.1, 0.15) is 0 Å². The molecule has 0 heterocycles. The Kier molecular flexibility index (Phi) is 12.8. The largest absolute Gasteiger partial charge is 0.349 e. The minimum absolute atomic E-state index is 0. The van der Waals surface area contributed by atoms with Gasteiger partial charge in [-0.15, -0.1) is 0 Å². The molecule has 0 N–H and O–H groups in total. The smallest absolute Gasteiger partial charge is 0.218 e. The molecule has 13 heavy (non-hydrogen) atoms. The van der Waals surface area contributed by atoms with Crippen LogP contribution < -0.4 is 0 Å². The molecule has 0 saturated carbocycles. The normalized spacial score (nSPS) is 7.23. The summed E-state index contributed by atoms with van der Waals surface area (Å²) in [6, 6.07) is 0. The third-order valence-electron chi connectivity index (χ3n) is 1.26. The highest BCUT2D eigenvalue weighted by Crippen LogP contribution is 1.70. The van der Waals surface area contributed by atoms with E-state index in [1.165, 1.54) is 23.6 Å². The number of hydrogen-bond acceptors (Lipinski definition) is 2. The number of amides is 2. The lowest BCUT2D eigenvalue weighted by molar-refractivity contribution is -0.127. The average molecular weight is 206 g/mol. The molecule has 0 aromatic heterocycles. The number of nitrogens with zero attached hydrogens (tertiary/aromatic N) is 2. The fourth-order valence-corrected chi connectivity index (χ4v) is 0. The monoisotopic (exact) mass is 206 g/mol. The molecular formula is C8H22N2O2Si. The van der Waals surface area contributed by atoms with Crippen molar-refractivity contribution in [1.82, 2.24) is 9.80 Å². The summed E-state index contributed by atoms with van der Waals surface area (Å²) in [4.78, 5) is 23.2. The van der Waals surface area contributed by atoms with Crippen molar-refractivity contribution >= 4 is 22.8 Å². The number of carbonyl (C=O) groups excluding carboxylic acids is 2. The first-order valence-corrected chi connectivity index (χ1v) is 3.64. The molecule has 0 aromatic carbocycles. The molecule has 0 aliphatic heterocycles. The molecule has 0 radical (unpaired) electrons. The maximum atomic E-state index is 10.1. The van der Waals surface area contributed by atoms with E-state index in [2.05, 4.69) is 0 Å². The van der Waals surface area contributed by atoms with E-state index in [1.807, 2.05) is 0 Å². The van der Waals surface area contributed by atoms with Crippen LogP contribution in [0.15, 0.2) is 0 Å². The first-order valence-electron chi connectivity index (χ1n) is 3.64. The zero-order valence-corrected chi connectivity index (χ0v) is 8.71. The summed E-state index contributed by atoms with van der Waals surface area (Å²) in [6.07, 6.45) is 0. The second-order valence-corrected chi connectivity index (χ2v) is 2.83. The van der Waals surface area contributed by atoms with Crippen LogP contribution in [0.3, 0.4) is 0 Å². The molecule has 80 valence electrons. The summed E-state index contributed by atoms with van der Waals surface area (Å²) in [7, 11) is 6.90. The minimum atomic E-state index is 0. The molecule has 0 saturated heterocycles. The van der Waals surface area contributed by atoms with Crippen molar-refractivity contribution in [3.8, 4) is 0 Å². The van der Waals surface area contributed by atoms with Crippen molar-refractivity contribution in [2.45, 2.75) is 13.8 Å². The Hall–Kier alpha value is -0.843. The second-order valence-electron chi connectivity index (χ2n) is 2.83. The standard InChI is InChI=1S/2C4H9NO.H4Si/c2*1-4(6)5(2)3;/h2*1-3H3;1H4. The van der Waals surface area contributed by atoms with E-state index in [9.17, 15) is 9.59 Å². The van der Waals surface area contributed by atoms with Crippen LogP contribution in [0.4, 0.5) is 0 Å². The summed E-state index contributed by atoms with van der Waals surface area (Å²) < 4.78 is 0. The summed E-state index contributed by atoms with van der Waals surface area (Å²) in [5.41, 5.74) is 0. The highest BCUT2D eigenvalue weighted by Gasteiger charge is 1.88. The van der Waals surface area contributed by atoms with E-state index in [0.717, 1.165) is 0 Å². The van der Waals surface area contributed by atoms with Crippen molar-refractivity contribution in [2.24, 2.45) is 0 Å². The van der Waals surface area contributed by atoms with Gasteiger partial charge >= 0.3 is 0 Å². The first kappa shape index (κ1) is 18.0. The molecular weight excluding hydrogens is 184 g/mol. The van der Waals surface area contributed by atoms with Crippen LogP contribution in [0.5, 0.6) is 0 Å². The van der Waals surface area contributed by atoms with Gasteiger partial charge in [0.15, 0.2) is 0 Å². The first-order chi connectivity index (χ1) is 5.29. The molecule has 0 spiro atoms. The number of carbonyl (C=O) groups is 2. The van der Waals surface area contributed by atoms with Gasteiger partial charge in [0.05, 0.1) is 0 Å². The Balaban J connectivity index is -0.000000143. The molecule has 0 atom stereocenters. The van der Waals surface area contributed by atoms with E-state index in [1.54, 1.807) is 28.2 Å². The van der Waals surface area contributed by atoms with Crippen LogP contribution in [0.2, 0.25) is 0 Å². The lowest BCUT2D eigenvalue weighted by atomic mass is 10.7. The molecule has 4 nitrogen and oxygen atoms in total. The Labute approximate surface area is 84.9 Å². The van der Waals surface area contributed by atoms with Crippen molar-refractivity contribution < 1.29 is 9.59 Å². The Morgan fingerprint density at radius 3 is 0.846 bits per heavy atom. The van der Waals surface area contributed by atoms with Gasteiger partial charge in [0.2, 0.25) is 11.8 Å². The molecule has 0 unspecified atom stereocenters. The van der Waals surface area contributed by atoms with Gasteiger partial charge in [-0.05, 0) is 11.0 Å². The predicted molar refractivity (Wildman–Crippen MR) is 60.1 cm³/mol. The molecule has 0 rings (SSSR count). The van der Waals surface area contributed by atoms with Gasteiger partial charge in [0.25, 0.3) is 0 Å². The van der Waals surface area contributed by atoms with Crippen molar-refractivity contribution in [2.75, 3.05) is 28.2 Å². The van der Waals surface area contributed by atoms with Gasteiger partial charge in [-0.25, -0.2) is 0 Å². The SMILES string of the molecule is CC(=O)N(C)C.CC(=O)N(C)C.[SiH4]. The minimum Gasteiger partial charge on any atom is -0.349 e. The molecule has 0 bridgehead atoms. The van der Waals surface area contributed by atoms with Gasteiger partial charge in [-0.1, -0.05) is 0 Å². The predicted octanol–water partition coefficient (Wildman–Crippen LogP) is -1.26. The van der Waals surface area contributed by atoms with Crippen LogP contribution in [-0.4, -0.2) is 60.8 Å². The average Bonchev–Trinajstić information content (AvgIpc) is 1.88. The summed E-state index contributed by atoms with van der Waals surface area (Å²) in [5.74, 6) is 0.185. The fraction of sp³-hybridized carbons (Fsp3) is 0.750. The number of hydrogen-bond donors (Lipinski definition) is 0. The van der Waals surface area contributed by atoms with Crippen molar-refractivity contribution in [1.29, 1.82) is 0 Å². The van der Waals surface area contributed by atoms with Crippen LogP contribution in [-0.2, 0) is 9.59 Å². The van der Waals surface area contributed by atoms with Crippen LogP contribution in [0.25, 0.3) is 0 Å². The van der Waals surface area contributed by atoms with Crippen LogP contribution in [0, 0.1) is 0 Å². The van der Waals surface area contributed by atoms with Gasteiger partial charge in [-0.2, -0.15) is 0 Å². The van der Waals surface area contributed by atoms with E-state index >= 15 is 0 Å². The van der Waals surface area contributed by atoms with Gasteiger partial charge < -0.3 is 9.80 Å². The Morgan fingerprint density at radius 2 is 0.846 bits per heavy atom. The maximum absolute atomic E-state index is 10.1. The highest BCUT2D eigenvalue weighted by atomic mass is 28.1. The van der Waals surface area contributed by atoms with Gasteiger partial charge in [0, 0.05) is 42.0 Å². The molecule has 5 heteroatoms. The third kappa shape index (κ3) is 18.3. The van der Waals surface area contributed by atoms with E-state index < -0.39 is 0 Å². The highest BCUT2D eigenvalue weighted by molar-refractivity contribution is 5.75. The van der Waals surface area contributed by atoms with E-state index in [0.29, 0.717) is 0 Å². The number of rotatable bonds is 0. The second kappa shape index (κ2) is 9.25. The molecule has 0 fully saturated rings. The molecule has 2 amide bonds. The molecule has 0 aliphatic rings. The van der Waals surface area contributed by atoms with Crippen LogP contribution in [0.1, 0.15) is 13.8 Å². The third-order valence-corrected chi connectivity index (χ3v) is 1.26. The van der Waals surface area contributed by atoms with Crippen molar-refractivity contribution in [3.05, 3.63) is 0 Å². The van der Waals surface area contributed by atoms with Crippen molar-refractivity contribution in [3.63, 3.8) is 0 Å². The zero-order chi connectivity index (χ0) is 10.3. The zero-order valence-electron chi connectivity index (χ0n) is 8.71. The van der Waals surface area contributed by atoms with E-state index in [4.69, 9.17) is 0 Å². The summed E-state index contributed by atoms with van der Waals surface area (Å²) >= 11 is 0. The van der Waals surface area contributed by atoms with E-state index in [-0.39, 0.29) is 22.8 Å². The lowest BCUT2D eigenvalue weighted by Gasteiger charge is -2.02. The summed E-state index contributed by atoms with van der Waals surface area (Å²) in [5, 5.41) is 0. The molecule has 0 aromatic rings. The molecule has 0 aliphatic carbocycles. The summed E-state index contributed by atoms with van der Waals surface area (Å²) in [6.45, 7) is 3.06. The quantitative estimate of drug-likeness (QED) is 0.464. The lowest BCUT2D eigenvalue weighted by Crippen LogP contribution is -2.17.